The van der Waals surface area contributed by atoms with Crippen molar-refractivity contribution < 1.29 is 0 Å². The monoisotopic (exact) mass is 725 g/mol. The molecule has 0 atom stereocenters. The quantitative estimate of drug-likeness (QED) is 0.141. The van der Waals surface area contributed by atoms with Gasteiger partial charge >= 0.3 is 0 Å². The Bertz CT molecular complexity index is 2970. The predicted octanol–water partition coefficient (Wildman–Crippen LogP) is 15.8. The SMILES string of the molecule is c1ccc(-c2ccc(-c3ccc(N(c4cccc(-c5ccccc5)c4-c4ccccc4-c4ccccc4)c4cc5ccccc5c5ccccc45)cc3)cc2)cc1. The zero-order valence-corrected chi connectivity index (χ0v) is 31.5. The third-order valence-electron chi connectivity index (χ3n) is 11.1. The molecule has 268 valence electrons. The molecule has 1 nitrogen and oxygen atoms in total. The van der Waals surface area contributed by atoms with Crippen LogP contribution >= 0.6 is 0 Å². The molecule has 0 N–H and O–H groups in total. The van der Waals surface area contributed by atoms with E-state index in [1.165, 1.54) is 77.2 Å². The van der Waals surface area contributed by atoms with E-state index in [2.05, 4.69) is 241 Å². The van der Waals surface area contributed by atoms with Gasteiger partial charge < -0.3 is 4.90 Å². The second-order valence-corrected chi connectivity index (χ2v) is 14.5. The van der Waals surface area contributed by atoms with Gasteiger partial charge in [0, 0.05) is 16.6 Å². The third kappa shape index (κ3) is 6.46. The standard InChI is InChI=1S/C56H39N/c1-4-17-40(18-5-1)41-31-33-42(34-32-41)43-35-37-47(38-36-43)57(55-39-46-23-10-11-25-49(46)51-26-13-14-27-52(51)55)54-30-16-29-50(45-21-8-3-9-22-45)56(54)53-28-15-12-24-48(53)44-19-6-2-7-20-44/h1-39H. The Kier molecular flexibility index (Phi) is 8.95. The van der Waals surface area contributed by atoms with Gasteiger partial charge in [-0.05, 0) is 90.5 Å². The van der Waals surface area contributed by atoms with E-state index < -0.39 is 0 Å². The highest BCUT2D eigenvalue weighted by molar-refractivity contribution is 6.15. The highest BCUT2D eigenvalue weighted by Crippen LogP contribution is 2.50. The summed E-state index contributed by atoms with van der Waals surface area (Å²) in [7, 11) is 0. The molecular weight excluding hydrogens is 687 g/mol. The maximum atomic E-state index is 2.49. The van der Waals surface area contributed by atoms with Crippen LogP contribution in [0.1, 0.15) is 0 Å². The minimum atomic E-state index is 1.09. The lowest BCUT2D eigenvalue weighted by Crippen LogP contribution is -2.12. The van der Waals surface area contributed by atoms with Crippen molar-refractivity contribution in [2.45, 2.75) is 0 Å². The van der Waals surface area contributed by atoms with Crippen molar-refractivity contribution in [2.24, 2.45) is 0 Å². The van der Waals surface area contributed by atoms with E-state index in [0.29, 0.717) is 0 Å². The first-order valence-electron chi connectivity index (χ1n) is 19.6. The summed E-state index contributed by atoms with van der Waals surface area (Å²) < 4.78 is 0. The largest absolute Gasteiger partial charge is 0.309 e. The van der Waals surface area contributed by atoms with Crippen molar-refractivity contribution in [3.05, 3.63) is 237 Å². The van der Waals surface area contributed by atoms with E-state index >= 15 is 0 Å². The molecule has 57 heavy (non-hydrogen) atoms. The highest BCUT2D eigenvalue weighted by Gasteiger charge is 2.24. The molecule has 10 rings (SSSR count). The van der Waals surface area contributed by atoms with Crippen LogP contribution in [0.15, 0.2) is 237 Å². The first-order valence-corrected chi connectivity index (χ1v) is 19.6. The molecule has 0 aliphatic rings. The van der Waals surface area contributed by atoms with Gasteiger partial charge in [-0.2, -0.15) is 0 Å². The van der Waals surface area contributed by atoms with Crippen molar-refractivity contribution in [1.82, 2.24) is 0 Å². The van der Waals surface area contributed by atoms with Crippen molar-refractivity contribution in [2.75, 3.05) is 4.90 Å². The Morgan fingerprint density at radius 2 is 0.684 bits per heavy atom. The lowest BCUT2D eigenvalue weighted by Gasteiger charge is -2.31. The molecule has 0 saturated carbocycles. The van der Waals surface area contributed by atoms with Gasteiger partial charge in [-0.1, -0.05) is 212 Å². The zero-order valence-electron chi connectivity index (χ0n) is 31.5. The van der Waals surface area contributed by atoms with Gasteiger partial charge in [-0.25, -0.2) is 0 Å². The van der Waals surface area contributed by atoms with Crippen LogP contribution in [0.5, 0.6) is 0 Å². The van der Waals surface area contributed by atoms with E-state index in [4.69, 9.17) is 0 Å². The Morgan fingerprint density at radius 3 is 1.32 bits per heavy atom. The molecule has 1 heteroatoms. The molecule has 10 aromatic rings. The molecule has 0 radical (unpaired) electrons. The van der Waals surface area contributed by atoms with Crippen LogP contribution < -0.4 is 4.90 Å². The van der Waals surface area contributed by atoms with Gasteiger partial charge in [-0.3, -0.25) is 0 Å². The third-order valence-corrected chi connectivity index (χ3v) is 11.1. The van der Waals surface area contributed by atoms with Crippen LogP contribution in [0.4, 0.5) is 17.1 Å². The number of hydrogen-bond acceptors (Lipinski definition) is 1. The van der Waals surface area contributed by atoms with Gasteiger partial charge in [0.05, 0.1) is 11.4 Å². The van der Waals surface area contributed by atoms with E-state index in [1.54, 1.807) is 0 Å². The van der Waals surface area contributed by atoms with Crippen LogP contribution in [0, 0.1) is 0 Å². The van der Waals surface area contributed by atoms with Crippen LogP contribution in [0.25, 0.3) is 77.2 Å². The first-order chi connectivity index (χ1) is 28.3. The average Bonchev–Trinajstić information content (AvgIpc) is 3.30. The molecule has 0 aromatic heterocycles. The van der Waals surface area contributed by atoms with Gasteiger partial charge in [0.15, 0.2) is 0 Å². The fourth-order valence-electron chi connectivity index (χ4n) is 8.35. The Labute approximate surface area is 334 Å². The Morgan fingerprint density at radius 1 is 0.246 bits per heavy atom. The molecule has 0 heterocycles. The molecule has 0 saturated heterocycles. The number of hydrogen-bond donors (Lipinski definition) is 0. The minimum Gasteiger partial charge on any atom is -0.309 e. The van der Waals surface area contributed by atoms with Crippen LogP contribution in [-0.4, -0.2) is 0 Å². The summed E-state index contributed by atoms with van der Waals surface area (Å²) in [5.74, 6) is 0. The van der Waals surface area contributed by atoms with Crippen LogP contribution in [0.3, 0.4) is 0 Å². The summed E-state index contributed by atoms with van der Waals surface area (Å²) in [6.07, 6.45) is 0. The number of nitrogens with zero attached hydrogens (tertiary/aromatic N) is 1. The van der Waals surface area contributed by atoms with Gasteiger partial charge in [0.25, 0.3) is 0 Å². The molecule has 0 aliphatic heterocycles. The second-order valence-electron chi connectivity index (χ2n) is 14.5. The van der Waals surface area contributed by atoms with Gasteiger partial charge in [0.2, 0.25) is 0 Å². The molecule has 0 unspecified atom stereocenters. The number of anilines is 3. The summed E-state index contributed by atoms with van der Waals surface area (Å²) in [6, 6.07) is 85.7. The van der Waals surface area contributed by atoms with Crippen molar-refractivity contribution >= 4 is 38.6 Å². The number of benzene rings is 10. The molecular formula is C56H39N. The van der Waals surface area contributed by atoms with Crippen LogP contribution in [0.2, 0.25) is 0 Å². The fourth-order valence-corrected chi connectivity index (χ4v) is 8.35. The van der Waals surface area contributed by atoms with Crippen molar-refractivity contribution in [3.63, 3.8) is 0 Å². The topological polar surface area (TPSA) is 3.24 Å². The summed E-state index contributed by atoms with van der Waals surface area (Å²) >= 11 is 0. The lowest BCUT2D eigenvalue weighted by atomic mass is 9.87. The maximum Gasteiger partial charge on any atom is 0.0546 e. The van der Waals surface area contributed by atoms with Gasteiger partial charge in [0.1, 0.15) is 0 Å². The molecule has 0 bridgehead atoms. The summed E-state index contributed by atoms with van der Waals surface area (Å²) in [5, 5.41) is 4.89. The summed E-state index contributed by atoms with van der Waals surface area (Å²) in [5.41, 5.74) is 15.2. The average molecular weight is 726 g/mol. The van der Waals surface area contributed by atoms with Crippen molar-refractivity contribution in [1.29, 1.82) is 0 Å². The normalized spacial score (nSPS) is 11.2. The maximum absolute atomic E-state index is 2.49. The smallest absolute Gasteiger partial charge is 0.0546 e. The molecule has 0 amide bonds. The summed E-state index contributed by atoms with van der Waals surface area (Å²) in [4.78, 5) is 2.49. The Hall–Kier alpha value is -7.48. The van der Waals surface area contributed by atoms with Crippen LogP contribution in [-0.2, 0) is 0 Å². The molecule has 0 fully saturated rings. The molecule has 0 spiro atoms. The number of fused-ring (bicyclic) bond motifs is 3. The van der Waals surface area contributed by atoms with E-state index in [-0.39, 0.29) is 0 Å². The lowest BCUT2D eigenvalue weighted by molar-refractivity contribution is 1.30. The zero-order chi connectivity index (χ0) is 38.0. The van der Waals surface area contributed by atoms with E-state index in [1.807, 2.05) is 0 Å². The second kappa shape index (κ2) is 15.0. The minimum absolute atomic E-state index is 1.09. The highest BCUT2D eigenvalue weighted by atomic mass is 15.1. The number of rotatable bonds is 8. The molecule has 0 aliphatic carbocycles. The van der Waals surface area contributed by atoms with E-state index in [0.717, 1.165) is 17.1 Å². The Balaban J connectivity index is 1.22. The summed E-state index contributed by atoms with van der Waals surface area (Å²) in [6.45, 7) is 0. The first kappa shape index (κ1) is 34.0. The van der Waals surface area contributed by atoms with Gasteiger partial charge in [-0.15, -0.1) is 0 Å². The van der Waals surface area contributed by atoms with E-state index in [9.17, 15) is 0 Å². The van der Waals surface area contributed by atoms with Crippen molar-refractivity contribution in [3.8, 4) is 55.6 Å². The predicted molar refractivity (Wildman–Crippen MR) is 243 cm³/mol. The molecule has 10 aromatic carbocycles. The fraction of sp³-hybridized carbons (Fsp3) is 0.